The number of rotatable bonds is 7. The summed E-state index contributed by atoms with van der Waals surface area (Å²) in [5, 5.41) is 7.75. The van der Waals surface area contributed by atoms with Crippen LogP contribution in [-0.2, 0) is 9.59 Å². The van der Waals surface area contributed by atoms with Gasteiger partial charge in [0.15, 0.2) is 0 Å². The average molecular weight is 316 g/mol. The summed E-state index contributed by atoms with van der Waals surface area (Å²) in [6, 6.07) is 7.38. The van der Waals surface area contributed by atoms with Crippen LogP contribution in [0.5, 0.6) is 5.75 Å². The lowest BCUT2D eigenvalue weighted by atomic mass is 9.99. The maximum absolute atomic E-state index is 11.7. The lowest BCUT2D eigenvalue weighted by molar-refractivity contribution is -0.123. The van der Waals surface area contributed by atoms with E-state index in [2.05, 4.69) is 21.1 Å². The minimum atomic E-state index is -0.323. The van der Waals surface area contributed by atoms with Crippen molar-refractivity contribution in [3.8, 4) is 5.75 Å². The Morgan fingerprint density at radius 1 is 1.43 bits per heavy atom. The molecular weight excluding hydrogens is 296 g/mol. The minimum Gasteiger partial charge on any atom is -0.494 e. The summed E-state index contributed by atoms with van der Waals surface area (Å²) < 4.78 is 5.35. The maximum Gasteiger partial charge on any atom is 0.248 e. The summed E-state index contributed by atoms with van der Waals surface area (Å²) >= 11 is 0. The first-order valence-corrected chi connectivity index (χ1v) is 7.49. The number of nitrogens with one attached hydrogen (secondary N) is 2. The quantitative estimate of drug-likeness (QED) is 0.589. The van der Waals surface area contributed by atoms with E-state index in [1.807, 2.05) is 31.2 Å². The van der Waals surface area contributed by atoms with Crippen molar-refractivity contribution in [1.82, 2.24) is 10.9 Å². The fraction of sp³-hybridized carbons (Fsp3) is 0.375. The number of hydrazone groups is 2. The number of carbonyl (C=O) groups excluding carboxylic acids is 2. The van der Waals surface area contributed by atoms with Gasteiger partial charge in [0, 0.05) is 12.1 Å². The molecule has 1 aromatic carbocycles. The molecule has 0 aromatic heterocycles. The van der Waals surface area contributed by atoms with Crippen molar-refractivity contribution in [3.05, 3.63) is 29.8 Å². The molecule has 2 amide bonds. The van der Waals surface area contributed by atoms with E-state index in [1.54, 1.807) is 13.1 Å². The largest absolute Gasteiger partial charge is 0.494 e. The molecule has 23 heavy (non-hydrogen) atoms. The van der Waals surface area contributed by atoms with Crippen LogP contribution < -0.4 is 15.6 Å². The van der Waals surface area contributed by atoms with E-state index in [-0.39, 0.29) is 24.2 Å². The second-order valence-electron chi connectivity index (χ2n) is 5.12. The van der Waals surface area contributed by atoms with Crippen molar-refractivity contribution in [2.24, 2.45) is 16.1 Å². The van der Waals surface area contributed by atoms with Crippen molar-refractivity contribution in [1.29, 1.82) is 0 Å². The molecule has 1 aliphatic heterocycles. The van der Waals surface area contributed by atoms with E-state index in [0.29, 0.717) is 18.7 Å². The van der Waals surface area contributed by atoms with Gasteiger partial charge < -0.3 is 4.74 Å². The van der Waals surface area contributed by atoms with Gasteiger partial charge in [-0.25, -0.2) is 10.9 Å². The molecule has 2 N–H and O–H groups in total. The molecule has 0 radical (unpaired) electrons. The maximum atomic E-state index is 11.7. The topological polar surface area (TPSA) is 92.1 Å². The zero-order valence-electron chi connectivity index (χ0n) is 13.2. The van der Waals surface area contributed by atoms with Crippen LogP contribution in [0.15, 0.2) is 34.5 Å². The number of carbonyl (C=O) groups is 2. The van der Waals surface area contributed by atoms with Crippen molar-refractivity contribution in [2.45, 2.75) is 26.7 Å². The number of hydrogen-bond acceptors (Lipinski definition) is 5. The highest BCUT2D eigenvalue weighted by atomic mass is 16.5. The summed E-state index contributed by atoms with van der Waals surface area (Å²) in [5.41, 5.74) is 6.41. The fourth-order valence-electron chi connectivity index (χ4n) is 2.16. The Bertz CT molecular complexity index is 623. The van der Waals surface area contributed by atoms with Crippen LogP contribution in [0.1, 0.15) is 32.3 Å². The SMILES string of the molecule is CCOc1ccc(/C=N/NC(=O)CCC2C(=O)NN=C2C)cc1. The van der Waals surface area contributed by atoms with E-state index in [9.17, 15) is 9.59 Å². The molecule has 1 heterocycles. The van der Waals surface area contributed by atoms with Crippen LogP contribution in [0.25, 0.3) is 0 Å². The fourth-order valence-corrected chi connectivity index (χ4v) is 2.16. The molecule has 1 aliphatic rings. The third-order valence-electron chi connectivity index (χ3n) is 3.42. The zero-order valence-corrected chi connectivity index (χ0v) is 13.2. The molecule has 0 fully saturated rings. The highest BCUT2D eigenvalue weighted by molar-refractivity contribution is 6.07. The molecule has 0 saturated carbocycles. The van der Waals surface area contributed by atoms with Gasteiger partial charge in [-0.3, -0.25) is 9.59 Å². The standard InChI is InChI=1S/C16H20N4O3/c1-3-23-13-6-4-12(5-7-13)10-17-19-15(21)9-8-14-11(2)18-20-16(14)22/h4-7,10,14H,3,8-9H2,1-2H3,(H,19,21)(H,20,22)/b17-10+. The van der Waals surface area contributed by atoms with Gasteiger partial charge in [-0.15, -0.1) is 0 Å². The first-order valence-electron chi connectivity index (χ1n) is 7.49. The Morgan fingerprint density at radius 3 is 2.78 bits per heavy atom. The Morgan fingerprint density at radius 2 is 2.17 bits per heavy atom. The van der Waals surface area contributed by atoms with Gasteiger partial charge >= 0.3 is 0 Å². The monoisotopic (exact) mass is 316 g/mol. The van der Waals surface area contributed by atoms with Crippen LogP contribution in [-0.4, -0.2) is 30.3 Å². The molecule has 7 heteroatoms. The van der Waals surface area contributed by atoms with Crippen LogP contribution in [0.2, 0.25) is 0 Å². The van der Waals surface area contributed by atoms with Gasteiger partial charge in [0.25, 0.3) is 0 Å². The summed E-state index contributed by atoms with van der Waals surface area (Å²) in [7, 11) is 0. The molecular formula is C16H20N4O3. The van der Waals surface area contributed by atoms with Gasteiger partial charge in [-0.2, -0.15) is 10.2 Å². The molecule has 1 aromatic rings. The third-order valence-corrected chi connectivity index (χ3v) is 3.42. The smallest absolute Gasteiger partial charge is 0.248 e. The summed E-state index contributed by atoms with van der Waals surface area (Å²) in [4.78, 5) is 23.2. The van der Waals surface area contributed by atoms with Crippen molar-refractivity contribution in [2.75, 3.05) is 6.61 Å². The molecule has 1 unspecified atom stereocenters. The Balaban J connectivity index is 1.75. The predicted molar refractivity (Wildman–Crippen MR) is 87.3 cm³/mol. The predicted octanol–water partition coefficient (Wildman–Crippen LogP) is 1.44. The number of amides is 2. The van der Waals surface area contributed by atoms with Crippen molar-refractivity contribution >= 4 is 23.7 Å². The Hall–Kier alpha value is -2.70. The second-order valence-corrected chi connectivity index (χ2v) is 5.12. The summed E-state index contributed by atoms with van der Waals surface area (Å²) in [6.45, 7) is 4.31. The van der Waals surface area contributed by atoms with E-state index in [0.717, 1.165) is 11.3 Å². The molecule has 0 saturated heterocycles. The Labute approximate surface area is 134 Å². The van der Waals surface area contributed by atoms with Crippen LogP contribution in [0, 0.1) is 5.92 Å². The second kappa shape index (κ2) is 8.07. The van der Waals surface area contributed by atoms with Crippen LogP contribution >= 0.6 is 0 Å². The number of hydrogen-bond donors (Lipinski definition) is 2. The molecule has 2 rings (SSSR count). The molecule has 0 aliphatic carbocycles. The normalized spacial score (nSPS) is 17.0. The van der Waals surface area contributed by atoms with Crippen molar-refractivity contribution in [3.63, 3.8) is 0 Å². The molecule has 122 valence electrons. The minimum absolute atomic E-state index is 0.159. The van der Waals surface area contributed by atoms with Gasteiger partial charge in [-0.1, -0.05) is 0 Å². The number of nitrogens with zero attached hydrogens (tertiary/aromatic N) is 2. The average Bonchev–Trinajstić information content (AvgIpc) is 2.86. The van der Waals surface area contributed by atoms with Gasteiger partial charge in [-0.05, 0) is 50.1 Å². The van der Waals surface area contributed by atoms with Crippen LogP contribution in [0.4, 0.5) is 0 Å². The highest BCUT2D eigenvalue weighted by Gasteiger charge is 2.26. The highest BCUT2D eigenvalue weighted by Crippen LogP contribution is 2.13. The van der Waals surface area contributed by atoms with E-state index in [1.165, 1.54) is 0 Å². The number of ether oxygens (including phenoxy) is 1. The van der Waals surface area contributed by atoms with Crippen LogP contribution in [0.3, 0.4) is 0 Å². The Kier molecular flexibility index (Phi) is 5.85. The lowest BCUT2D eigenvalue weighted by Crippen LogP contribution is -2.25. The number of benzene rings is 1. The summed E-state index contributed by atoms with van der Waals surface area (Å²) in [5.74, 6) is 0.0734. The van der Waals surface area contributed by atoms with Gasteiger partial charge in [0.1, 0.15) is 5.75 Å². The molecule has 1 atom stereocenters. The lowest BCUT2D eigenvalue weighted by Gasteiger charge is -2.06. The van der Waals surface area contributed by atoms with E-state index >= 15 is 0 Å². The van der Waals surface area contributed by atoms with Crippen molar-refractivity contribution < 1.29 is 14.3 Å². The van der Waals surface area contributed by atoms with Gasteiger partial charge in [0.05, 0.1) is 18.7 Å². The third kappa shape index (κ3) is 4.91. The van der Waals surface area contributed by atoms with E-state index < -0.39 is 0 Å². The summed E-state index contributed by atoms with van der Waals surface area (Å²) in [6.07, 6.45) is 2.19. The van der Waals surface area contributed by atoms with Gasteiger partial charge in [0.2, 0.25) is 11.8 Å². The first-order chi connectivity index (χ1) is 11.1. The first kappa shape index (κ1) is 16.7. The van der Waals surface area contributed by atoms with E-state index in [4.69, 9.17) is 4.74 Å². The molecule has 7 nitrogen and oxygen atoms in total. The molecule has 0 bridgehead atoms. The molecule has 0 spiro atoms. The zero-order chi connectivity index (χ0) is 16.7.